The largest absolute Gasteiger partial charge is 0.267 e. The van der Waals surface area contributed by atoms with Crippen LogP contribution in [-0.2, 0) is 6.54 Å². The van der Waals surface area contributed by atoms with Crippen molar-refractivity contribution in [2.24, 2.45) is 4.99 Å². The molecule has 0 amide bonds. The molecule has 2 aromatic rings. The number of allylic oxidation sites excluding steroid dienone is 3. The second-order valence-corrected chi connectivity index (χ2v) is 5.47. The van der Waals surface area contributed by atoms with Gasteiger partial charge in [0.25, 0.3) is 0 Å². The van der Waals surface area contributed by atoms with Crippen LogP contribution in [0.2, 0.25) is 5.02 Å². The predicted molar refractivity (Wildman–Crippen MR) is 94.7 cm³/mol. The van der Waals surface area contributed by atoms with Gasteiger partial charge in [-0.25, -0.2) is 0 Å². The minimum atomic E-state index is 0.441. The lowest BCUT2D eigenvalue weighted by atomic mass is 10.0. The van der Waals surface area contributed by atoms with Crippen LogP contribution in [0.5, 0.6) is 0 Å². The Morgan fingerprint density at radius 3 is 2.78 bits per heavy atom. The molecule has 0 spiro atoms. The fraction of sp³-hybridized carbons (Fsp3) is 0.167. The molecule has 0 aliphatic heterocycles. The van der Waals surface area contributed by atoms with E-state index in [1.54, 1.807) is 18.2 Å². The van der Waals surface area contributed by atoms with Crippen LogP contribution in [0.4, 0.5) is 0 Å². The predicted octanol–water partition coefficient (Wildman–Crippen LogP) is 4.46. The van der Waals surface area contributed by atoms with Crippen LogP contribution in [0.1, 0.15) is 17.0 Å². The Bertz CT molecular complexity index is 837. The normalized spacial score (nSPS) is 11.1. The molecule has 0 saturated carbocycles. The number of hydrogen-bond donors (Lipinski definition) is 0. The van der Waals surface area contributed by atoms with Gasteiger partial charge in [-0.15, -0.1) is 0 Å². The monoisotopic (exact) mass is 324 g/mol. The van der Waals surface area contributed by atoms with Crippen molar-refractivity contribution < 1.29 is 0 Å². The average molecular weight is 325 g/mol. The fourth-order valence-corrected chi connectivity index (χ4v) is 2.70. The maximum absolute atomic E-state index is 8.99. The first kappa shape index (κ1) is 16.7. The summed E-state index contributed by atoms with van der Waals surface area (Å²) in [6.07, 6.45) is 3.48. The molecule has 0 fully saturated rings. The van der Waals surface area contributed by atoms with Gasteiger partial charge >= 0.3 is 0 Å². The molecule has 0 aliphatic carbocycles. The van der Waals surface area contributed by atoms with Gasteiger partial charge in [-0.2, -0.15) is 10.4 Å². The summed E-state index contributed by atoms with van der Waals surface area (Å²) in [4.78, 5) is 3.98. The summed E-state index contributed by atoms with van der Waals surface area (Å²) < 4.78 is 1.88. The van der Waals surface area contributed by atoms with Gasteiger partial charge in [0, 0.05) is 11.3 Å². The lowest BCUT2D eigenvalue weighted by Crippen LogP contribution is -2.04. The first-order valence-electron chi connectivity index (χ1n) is 7.04. The van der Waals surface area contributed by atoms with E-state index < -0.39 is 0 Å². The van der Waals surface area contributed by atoms with Crippen LogP contribution < -0.4 is 0 Å². The summed E-state index contributed by atoms with van der Waals surface area (Å²) in [7, 11) is 0. The maximum atomic E-state index is 8.99. The number of hydrogen-bond acceptors (Lipinski definition) is 3. The molecular formula is C18H17ClN4. The Hall–Kier alpha value is -2.64. The van der Waals surface area contributed by atoms with Gasteiger partial charge in [-0.05, 0) is 44.3 Å². The number of aromatic nitrogens is 2. The second-order valence-electron chi connectivity index (χ2n) is 5.06. The molecule has 2 rings (SSSR count). The molecule has 23 heavy (non-hydrogen) atoms. The number of halogens is 1. The number of rotatable bonds is 5. The number of aliphatic imine (C=N–C) groups is 1. The van der Waals surface area contributed by atoms with Crippen LogP contribution in [-0.4, -0.2) is 16.5 Å². The second kappa shape index (κ2) is 7.08. The standard InChI is InChI=1S/C18H17ClN4/c1-5-6-16(21-4)11-23-13(3)18(12(2)22-23)14-7-8-15(10-20)17(19)9-14/h5-9H,1,4,11H2,2-3H3/b16-6-. The third-order valence-electron chi connectivity index (χ3n) is 3.58. The lowest BCUT2D eigenvalue weighted by molar-refractivity contribution is 0.647. The Morgan fingerprint density at radius 2 is 2.22 bits per heavy atom. The summed E-state index contributed by atoms with van der Waals surface area (Å²) in [5.74, 6) is 0. The molecule has 5 heteroatoms. The van der Waals surface area contributed by atoms with Crippen molar-refractivity contribution in [3.8, 4) is 17.2 Å². The van der Waals surface area contributed by atoms with E-state index in [0.29, 0.717) is 17.1 Å². The van der Waals surface area contributed by atoms with Gasteiger partial charge in [-0.1, -0.05) is 30.3 Å². The Balaban J connectivity index is 2.48. The van der Waals surface area contributed by atoms with Gasteiger partial charge in [0.15, 0.2) is 0 Å². The quantitative estimate of drug-likeness (QED) is 0.602. The summed E-state index contributed by atoms with van der Waals surface area (Å²) in [5.41, 5.74) is 5.10. The molecule has 0 aliphatic rings. The molecule has 0 saturated heterocycles. The molecule has 4 nitrogen and oxygen atoms in total. The van der Waals surface area contributed by atoms with E-state index in [9.17, 15) is 0 Å². The van der Waals surface area contributed by atoms with Crippen molar-refractivity contribution in [1.29, 1.82) is 5.26 Å². The number of aryl methyl sites for hydroxylation is 1. The van der Waals surface area contributed by atoms with Crippen molar-refractivity contribution in [2.75, 3.05) is 0 Å². The number of benzene rings is 1. The van der Waals surface area contributed by atoms with Gasteiger partial charge in [0.2, 0.25) is 0 Å². The SMILES string of the molecule is C=C/C=C(/Cn1nc(C)c(-c2ccc(C#N)c(Cl)c2)c1C)N=C. The first-order valence-corrected chi connectivity index (χ1v) is 7.42. The molecule has 116 valence electrons. The third kappa shape index (κ3) is 3.41. The van der Waals surface area contributed by atoms with Crippen LogP contribution in [0.15, 0.2) is 47.6 Å². The highest BCUT2D eigenvalue weighted by atomic mass is 35.5. The zero-order valence-electron chi connectivity index (χ0n) is 13.2. The van der Waals surface area contributed by atoms with Gasteiger partial charge in [0.05, 0.1) is 28.5 Å². The van der Waals surface area contributed by atoms with Crippen molar-refractivity contribution in [3.05, 3.63) is 64.6 Å². The van der Waals surface area contributed by atoms with Crippen molar-refractivity contribution >= 4 is 18.3 Å². The molecule has 0 atom stereocenters. The Kier molecular flexibility index (Phi) is 5.15. The first-order chi connectivity index (χ1) is 11.0. The molecule has 0 N–H and O–H groups in total. The van der Waals surface area contributed by atoms with Crippen molar-refractivity contribution in [2.45, 2.75) is 20.4 Å². The summed E-state index contributed by atoms with van der Waals surface area (Å²) >= 11 is 6.15. The third-order valence-corrected chi connectivity index (χ3v) is 3.90. The number of nitrogens with zero attached hydrogens (tertiary/aromatic N) is 4. The summed E-state index contributed by atoms with van der Waals surface area (Å²) in [6, 6.07) is 7.48. The highest BCUT2D eigenvalue weighted by Crippen LogP contribution is 2.30. The average Bonchev–Trinajstić information content (AvgIpc) is 2.80. The fourth-order valence-electron chi connectivity index (χ4n) is 2.47. The molecule has 1 aromatic heterocycles. The van der Waals surface area contributed by atoms with Crippen LogP contribution in [0.3, 0.4) is 0 Å². The minimum Gasteiger partial charge on any atom is -0.267 e. The van der Waals surface area contributed by atoms with E-state index in [1.165, 1.54) is 0 Å². The van der Waals surface area contributed by atoms with Gasteiger partial charge in [-0.3, -0.25) is 9.67 Å². The molecule has 1 aromatic carbocycles. The molecule has 0 bridgehead atoms. The van der Waals surface area contributed by atoms with Crippen LogP contribution in [0, 0.1) is 25.2 Å². The van der Waals surface area contributed by atoms with Crippen molar-refractivity contribution in [3.63, 3.8) is 0 Å². The maximum Gasteiger partial charge on any atom is 0.101 e. The summed E-state index contributed by atoms with van der Waals surface area (Å²) in [5, 5.41) is 14.0. The topological polar surface area (TPSA) is 54.0 Å². The van der Waals surface area contributed by atoms with Gasteiger partial charge in [0.1, 0.15) is 6.07 Å². The molecule has 0 radical (unpaired) electrons. The van der Waals surface area contributed by atoms with E-state index in [-0.39, 0.29) is 0 Å². The molecule has 0 unspecified atom stereocenters. The van der Waals surface area contributed by atoms with Gasteiger partial charge < -0.3 is 0 Å². The van der Waals surface area contributed by atoms with Crippen LogP contribution >= 0.6 is 11.6 Å². The molecular weight excluding hydrogens is 308 g/mol. The van der Waals surface area contributed by atoms with E-state index in [1.807, 2.05) is 30.7 Å². The highest BCUT2D eigenvalue weighted by Gasteiger charge is 2.15. The highest BCUT2D eigenvalue weighted by molar-refractivity contribution is 6.32. The van der Waals surface area contributed by atoms with Crippen LogP contribution in [0.25, 0.3) is 11.1 Å². The zero-order valence-corrected chi connectivity index (χ0v) is 13.9. The zero-order chi connectivity index (χ0) is 17.0. The smallest absolute Gasteiger partial charge is 0.101 e. The Labute approximate surface area is 141 Å². The van der Waals surface area contributed by atoms with E-state index >= 15 is 0 Å². The minimum absolute atomic E-state index is 0.441. The Morgan fingerprint density at radius 1 is 1.48 bits per heavy atom. The number of nitriles is 1. The van der Waals surface area contributed by atoms with Crippen molar-refractivity contribution in [1.82, 2.24) is 9.78 Å². The van der Waals surface area contributed by atoms with E-state index in [4.69, 9.17) is 16.9 Å². The molecule has 1 heterocycles. The van der Waals surface area contributed by atoms with E-state index in [0.717, 1.165) is 28.2 Å². The lowest BCUT2D eigenvalue weighted by Gasteiger charge is -2.07. The summed E-state index contributed by atoms with van der Waals surface area (Å²) in [6.45, 7) is 11.7. The van der Waals surface area contributed by atoms with E-state index in [2.05, 4.69) is 29.5 Å².